The molecule has 2 unspecified atom stereocenters. The van der Waals surface area contributed by atoms with Gasteiger partial charge in [-0.15, -0.1) is 11.8 Å². The van der Waals surface area contributed by atoms with Crippen LogP contribution >= 0.6 is 11.8 Å². The summed E-state index contributed by atoms with van der Waals surface area (Å²) in [6.45, 7) is 3.19. The average molecular weight is 304 g/mol. The summed E-state index contributed by atoms with van der Waals surface area (Å²) < 4.78 is 0. The van der Waals surface area contributed by atoms with Gasteiger partial charge < -0.3 is 10.2 Å². The van der Waals surface area contributed by atoms with Crippen molar-refractivity contribution in [3.05, 3.63) is 34.8 Å². The van der Waals surface area contributed by atoms with E-state index in [-0.39, 0.29) is 17.5 Å². The molecule has 0 bridgehead atoms. The summed E-state index contributed by atoms with van der Waals surface area (Å²) in [5.41, 5.74) is 1.15. The van der Waals surface area contributed by atoms with Crippen molar-refractivity contribution in [2.75, 3.05) is 19.3 Å². The Hall–Kier alpha value is -1.00. The maximum absolute atomic E-state index is 12.8. The second-order valence-electron chi connectivity index (χ2n) is 6.25. The van der Waals surface area contributed by atoms with Crippen LogP contribution in [0.3, 0.4) is 0 Å². The van der Waals surface area contributed by atoms with E-state index in [1.165, 1.54) is 10.5 Å². The van der Waals surface area contributed by atoms with Crippen LogP contribution in [-0.2, 0) is 4.79 Å². The van der Waals surface area contributed by atoms with Gasteiger partial charge in [-0.1, -0.05) is 24.3 Å². The summed E-state index contributed by atoms with van der Waals surface area (Å²) in [6, 6.07) is 0.0123. The number of hydrogen-bond donors (Lipinski definition) is 1. The molecule has 1 amide bonds. The molecular formula is C17H24N2OS. The van der Waals surface area contributed by atoms with E-state index in [2.05, 4.69) is 36.5 Å². The summed E-state index contributed by atoms with van der Waals surface area (Å²) in [4.78, 5) is 16.2. The van der Waals surface area contributed by atoms with Crippen LogP contribution in [0.15, 0.2) is 34.8 Å². The molecule has 1 saturated heterocycles. The van der Waals surface area contributed by atoms with Crippen molar-refractivity contribution < 1.29 is 4.79 Å². The predicted octanol–water partition coefficient (Wildman–Crippen LogP) is 2.86. The lowest BCUT2D eigenvalue weighted by Crippen LogP contribution is -2.54. The number of carbonyl (C=O) groups excluding carboxylic acids is 1. The highest BCUT2D eigenvalue weighted by atomic mass is 32.2. The fourth-order valence-corrected chi connectivity index (χ4v) is 4.86. The highest BCUT2D eigenvalue weighted by Gasteiger charge is 2.41. The topological polar surface area (TPSA) is 32.3 Å². The number of carbonyl (C=O) groups is 1. The average Bonchev–Trinajstić information content (AvgIpc) is 2.91. The quantitative estimate of drug-likeness (QED) is 0.851. The zero-order chi connectivity index (χ0) is 14.9. The molecule has 0 aromatic rings. The SMILES string of the molecule is CN(C(=O)C1CCCN1)C1(C)CCSC2=C1C=CC=CC2. The van der Waals surface area contributed by atoms with Crippen LogP contribution in [0.5, 0.6) is 0 Å². The maximum Gasteiger partial charge on any atom is 0.240 e. The van der Waals surface area contributed by atoms with Crippen molar-refractivity contribution in [2.45, 2.75) is 44.2 Å². The molecule has 3 rings (SSSR count). The molecule has 114 valence electrons. The molecule has 1 aliphatic carbocycles. The Morgan fingerprint density at radius 1 is 1.48 bits per heavy atom. The second-order valence-corrected chi connectivity index (χ2v) is 7.44. The van der Waals surface area contributed by atoms with E-state index < -0.39 is 0 Å². The van der Waals surface area contributed by atoms with E-state index in [1.807, 2.05) is 23.7 Å². The first-order valence-electron chi connectivity index (χ1n) is 7.83. The van der Waals surface area contributed by atoms with Gasteiger partial charge in [0.15, 0.2) is 0 Å². The third-order valence-corrected chi connectivity index (χ3v) is 6.13. The largest absolute Gasteiger partial charge is 0.335 e. The minimum Gasteiger partial charge on any atom is -0.335 e. The molecule has 0 aromatic carbocycles. The summed E-state index contributed by atoms with van der Waals surface area (Å²) in [5, 5.41) is 3.34. The summed E-state index contributed by atoms with van der Waals surface area (Å²) in [5.74, 6) is 1.34. The highest BCUT2D eigenvalue weighted by molar-refractivity contribution is 8.03. The van der Waals surface area contributed by atoms with Gasteiger partial charge in [0.2, 0.25) is 5.91 Å². The number of nitrogens with one attached hydrogen (secondary N) is 1. The van der Waals surface area contributed by atoms with Crippen molar-refractivity contribution in [1.82, 2.24) is 10.2 Å². The van der Waals surface area contributed by atoms with Gasteiger partial charge in [-0.05, 0) is 49.6 Å². The molecule has 2 heterocycles. The first-order valence-corrected chi connectivity index (χ1v) is 8.82. The number of thioether (sulfide) groups is 1. The summed E-state index contributed by atoms with van der Waals surface area (Å²) in [6.07, 6.45) is 12.7. The van der Waals surface area contributed by atoms with E-state index in [0.29, 0.717) is 0 Å². The third kappa shape index (κ3) is 2.71. The van der Waals surface area contributed by atoms with Gasteiger partial charge in [-0.3, -0.25) is 4.79 Å². The summed E-state index contributed by atoms with van der Waals surface area (Å²) in [7, 11) is 1.98. The Kier molecular flexibility index (Phi) is 4.27. The minimum atomic E-state index is -0.176. The van der Waals surface area contributed by atoms with Gasteiger partial charge in [0.1, 0.15) is 0 Å². The number of allylic oxidation sites excluding steroid dienone is 4. The first kappa shape index (κ1) is 14.9. The standard InChI is InChI=1S/C17H24N2OS/c1-17(19(2)16(20)14-8-6-11-18-14)10-12-21-15-9-5-3-4-7-13(15)17/h3-5,7,14,18H,6,8-12H2,1-2H3. The molecule has 4 heteroatoms. The van der Waals surface area contributed by atoms with E-state index in [9.17, 15) is 4.79 Å². The van der Waals surface area contributed by atoms with Crippen LogP contribution < -0.4 is 5.32 Å². The normalized spacial score (nSPS) is 32.0. The van der Waals surface area contributed by atoms with Crippen molar-refractivity contribution >= 4 is 17.7 Å². The Balaban J connectivity index is 1.89. The number of hydrogen-bond acceptors (Lipinski definition) is 3. The van der Waals surface area contributed by atoms with Crippen molar-refractivity contribution in [1.29, 1.82) is 0 Å². The highest BCUT2D eigenvalue weighted by Crippen LogP contribution is 2.43. The lowest BCUT2D eigenvalue weighted by atomic mass is 9.85. The third-order valence-electron chi connectivity index (χ3n) is 4.99. The fourth-order valence-electron chi connectivity index (χ4n) is 3.45. The van der Waals surface area contributed by atoms with Crippen molar-refractivity contribution in [3.8, 4) is 0 Å². The predicted molar refractivity (Wildman–Crippen MR) is 89.2 cm³/mol. The zero-order valence-electron chi connectivity index (χ0n) is 12.9. The van der Waals surface area contributed by atoms with Gasteiger partial charge >= 0.3 is 0 Å². The molecule has 2 aliphatic heterocycles. The molecule has 1 fully saturated rings. The zero-order valence-corrected chi connectivity index (χ0v) is 13.7. The van der Waals surface area contributed by atoms with Gasteiger partial charge in [-0.25, -0.2) is 0 Å². The van der Waals surface area contributed by atoms with E-state index in [4.69, 9.17) is 0 Å². The van der Waals surface area contributed by atoms with Gasteiger partial charge in [0, 0.05) is 12.8 Å². The van der Waals surface area contributed by atoms with Crippen LogP contribution in [0.25, 0.3) is 0 Å². The van der Waals surface area contributed by atoms with Gasteiger partial charge in [0.25, 0.3) is 0 Å². The molecular weight excluding hydrogens is 280 g/mol. The Bertz CT molecular complexity index is 517. The van der Waals surface area contributed by atoms with Gasteiger partial charge in [-0.2, -0.15) is 0 Å². The number of rotatable bonds is 2. The monoisotopic (exact) mass is 304 g/mol. The summed E-state index contributed by atoms with van der Waals surface area (Å²) >= 11 is 1.95. The lowest BCUT2D eigenvalue weighted by Gasteiger charge is -2.44. The van der Waals surface area contributed by atoms with Crippen LogP contribution in [-0.4, -0.2) is 41.7 Å². The molecule has 0 radical (unpaired) electrons. The van der Waals surface area contributed by atoms with Gasteiger partial charge in [0.05, 0.1) is 11.6 Å². The van der Waals surface area contributed by atoms with E-state index in [0.717, 1.165) is 38.0 Å². The molecule has 0 aromatic heterocycles. The molecule has 1 N–H and O–H groups in total. The molecule has 21 heavy (non-hydrogen) atoms. The molecule has 2 atom stereocenters. The minimum absolute atomic E-state index is 0.0123. The molecule has 3 nitrogen and oxygen atoms in total. The molecule has 3 aliphatic rings. The number of amides is 1. The van der Waals surface area contributed by atoms with Crippen molar-refractivity contribution in [2.24, 2.45) is 0 Å². The van der Waals surface area contributed by atoms with Crippen LogP contribution in [0.2, 0.25) is 0 Å². The number of likely N-dealkylation sites (N-methyl/N-ethyl adjacent to an activating group) is 1. The molecule has 0 saturated carbocycles. The van der Waals surface area contributed by atoms with E-state index in [1.54, 1.807) is 0 Å². The van der Waals surface area contributed by atoms with Crippen LogP contribution in [0.1, 0.15) is 32.6 Å². The molecule has 0 spiro atoms. The maximum atomic E-state index is 12.8. The lowest BCUT2D eigenvalue weighted by molar-refractivity contribution is -0.135. The number of nitrogens with zero attached hydrogens (tertiary/aromatic N) is 1. The van der Waals surface area contributed by atoms with Crippen LogP contribution in [0, 0.1) is 0 Å². The Morgan fingerprint density at radius 3 is 3.10 bits per heavy atom. The Morgan fingerprint density at radius 2 is 2.33 bits per heavy atom. The second kappa shape index (κ2) is 6.01. The smallest absolute Gasteiger partial charge is 0.240 e. The van der Waals surface area contributed by atoms with E-state index >= 15 is 0 Å². The fraction of sp³-hybridized carbons (Fsp3) is 0.588. The van der Waals surface area contributed by atoms with Crippen molar-refractivity contribution in [3.63, 3.8) is 0 Å². The first-order chi connectivity index (χ1) is 10.1. The Labute approximate surface area is 131 Å². The van der Waals surface area contributed by atoms with Crippen LogP contribution in [0.4, 0.5) is 0 Å².